The zero-order valence-corrected chi connectivity index (χ0v) is 18.9. The predicted molar refractivity (Wildman–Crippen MR) is 124 cm³/mol. The van der Waals surface area contributed by atoms with Crippen LogP contribution >= 0.6 is 0 Å². The van der Waals surface area contributed by atoms with Crippen molar-refractivity contribution in [2.24, 2.45) is 0 Å². The van der Waals surface area contributed by atoms with Crippen LogP contribution < -0.4 is 14.8 Å². The lowest BCUT2D eigenvalue weighted by Gasteiger charge is -2.07. The number of aromatic nitrogens is 3. The van der Waals surface area contributed by atoms with Gasteiger partial charge in [0.25, 0.3) is 0 Å². The van der Waals surface area contributed by atoms with Crippen LogP contribution in [0.4, 0.5) is 5.69 Å². The van der Waals surface area contributed by atoms with E-state index in [0.717, 1.165) is 22.5 Å². The van der Waals surface area contributed by atoms with Crippen molar-refractivity contribution in [2.45, 2.75) is 27.0 Å². The smallest absolute Gasteiger partial charge is 0.250 e. The molecule has 0 atom stereocenters. The third-order valence-corrected chi connectivity index (χ3v) is 5.52. The molecule has 1 amide bonds. The number of carbonyl (C=O) groups is 1. The topological polar surface area (TPSA) is 101 Å². The standard InChI is InChI=1S/C25H24N4O5/c1-16-25(17(2)29(27-16)12-18-6-4-3-5-7-18)26-24(30)14-31-13-20-11-22(34-28-20)19-8-9-21-23(10-19)33-15-32-21/h3-11H,12-15H2,1-2H3,(H,26,30). The number of nitrogens with one attached hydrogen (secondary N) is 1. The van der Waals surface area contributed by atoms with Crippen LogP contribution in [0.15, 0.2) is 59.1 Å². The molecule has 174 valence electrons. The van der Waals surface area contributed by atoms with Gasteiger partial charge in [0.2, 0.25) is 12.7 Å². The summed E-state index contributed by atoms with van der Waals surface area (Å²) in [6, 6.07) is 17.4. The van der Waals surface area contributed by atoms with E-state index in [-0.39, 0.29) is 25.9 Å². The van der Waals surface area contributed by atoms with Gasteiger partial charge in [0.15, 0.2) is 17.3 Å². The molecule has 4 aromatic rings. The van der Waals surface area contributed by atoms with Crippen molar-refractivity contribution in [3.05, 3.63) is 77.2 Å². The second-order valence-electron chi connectivity index (χ2n) is 7.98. The van der Waals surface area contributed by atoms with Gasteiger partial charge in [-0.2, -0.15) is 5.10 Å². The molecule has 0 radical (unpaired) electrons. The van der Waals surface area contributed by atoms with E-state index in [2.05, 4.69) is 15.6 Å². The van der Waals surface area contributed by atoms with E-state index < -0.39 is 0 Å². The first-order chi connectivity index (χ1) is 16.6. The van der Waals surface area contributed by atoms with Crippen molar-refractivity contribution in [3.8, 4) is 22.8 Å². The number of carbonyl (C=O) groups excluding carboxylic acids is 1. The number of nitrogens with zero attached hydrogens (tertiary/aromatic N) is 3. The molecule has 0 spiro atoms. The second-order valence-corrected chi connectivity index (χ2v) is 7.98. The fraction of sp³-hybridized carbons (Fsp3) is 0.240. The molecule has 0 saturated carbocycles. The maximum atomic E-state index is 12.5. The third-order valence-electron chi connectivity index (χ3n) is 5.52. The highest BCUT2D eigenvalue weighted by Crippen LogP contribution is 2.36. The molecule has 1 aliphatic heterocycles. The van der Waals surface area contributed by atoms with Gasteiger partial charge >= 0.3 is 0 Å². The van der Waals surface area contributed by atoms with Crippen LogP contribution in [0, 0.1) is 13.8 Å². The molecule has 34 heavy (non-hydrogen) atoms. The molecule has 5 rings (SSSR count). The molecule has 0 fully saturated rings. The number of aryl methyl sites for hydroxylation is 1. The van der Waals surface area contributed by atoms with Crippen molar-refractivity contribution < 1.29 is 23.5 Å². The monoisotopic (exact) mass is 460 g/mol. The molecule has 9 heteroatoms. The maximum Gasteiger partial charge on any atom is 0.250 e. The lowest BCUT2D eigenvalue weighted by atomic mass is 10.1. The molecule has 2 aromatic carbocycles. The lowest BCUT2D eigenvalue weighted by Crippen LogP contribution is -2.19. The Morgan fingerprint density at radius 3 is 2.76 bits per heavy atom. The molecular weight excluding hydrogens is 436 g/mol. The summed E-state index contributed by atoms with van der Waals surface area (Å²) in [5, 5.41) is 11.5. The average molecular weight is 460 g/mol. The summed E-state index contributed by atoms with van der Waals surface area (Å²) < 4.78 is 23.6. The van der Waals surface area contributed by atoms with Crippen molar-refractivity contribution in [3.63, 3.8) is 0 Å². The second kappa shape index (κ2) is 9.40. The zero-order chi connectivity index (χ0) is 23.5. The van der Waals surface area contributed by atoms with Gasteiger partial charge in [-0.1, -0.05) is 35.5 Å². The van der Waals surface area contributed by atoms with Crippen LogP contribution in [0.5, 0.6) is 11.5 Å². The first kappa shape index (κ1) is 21.7. The lowest BCUT2D eigenvalue weighted by molar-refractivity contribution is -0.121. The maximum absolute atomic E-state index is 12.5. The Hall–Kier alpha value is -4.11. The Labute approximate surface area is 196 Å². The number of rotatable bonds is 8. The molecule has 0 unspecified atom stereocenters. The average Bonchev–Trinajstić information content (AvgIpc) is 3.56. The van der Waals surface area contributed by atoms with Crippen molar-refractivity contribution in [1.82, 2.24) is 14.9 Å². The molecule has 3 heterocycles. The fourth-order valence-corrected chi connectivity index (χ4v) is 3.78. The molecular formula is C25H24N4O5. The number of benzene rings is 2. The minimum Gasteiger partial charge on any atom is -0.454 e. The van der Waals surface area contributed by atoms with Crippen LogP contribution in [-0.2, 0) is 22.7 Å². The number of fused-ring (bicyclic) bond motifs is 1. The van der Waals surface area contributed by atoms with Crippen LogP contribution in [0.1, 0.15) is 22.6 Å². The zero-order valence-electron chi connectivity index (χ0n) is 18.9. The molecule has 0 aliphatic carbocycles. The van der Waals surface area contributed by atoms with E-state index in [9.17, 15) is 4.79 Å². The summed E-state index contributed by atoms with van der Waals surface area (Å²) in [4.78, 5) is 12.5. The first-order valence-corrected chi connectivity index (χ1v) is 10.9. The highest BCUT2D eigenvalue weighted by atomic mass is 16.7. The van der Waals surface area contributed by atoms with Gasteiger partial charge < -0.3 is 24.1 Å². The Morgan fingerprint density at radius 1 is 1.09 bits per heavy atom. The SMILES string of the molecule is Cc1nn(Cc2ccccc2)c(C)c1NC(=O)COCc1cc(-c2ccc3c(c2)OCO3)on1. The van der Waals surface area contributed by atoms with Gasteiger partial charge in [0, 0.05) is 11.6 Å². The molecule has 9 nitrogen and oxygen atoms in total. The normalized spacial score (nSPS) is 12.2. The molecule has 2 aromatic heterocycles. The van der Waals surface area contributed by atoms with Crippen molar-refractivity contribution in [1.29, 1.82) is 0 Å². The molecule has 0 bridgehead atoms. The highest BCUT2D eigenvalue weighted by Gasteiger charge is 2.17. The van der Waals surface area contributed by atoms with Gasteiger partial charge in [-0.15, -0.1) is 0 Å². The van der Waals surface area contributed by atoms with E-state index in [1.54, 1.807) is 6.07 Å². The Balaban J connectivity index is 1.15. The van der Waals surface area contributed by atoms with Gasteiger partial charge in [-0.05, 0) is 37.6 Å². The number of anilines is 1. The minimum absolute atomic E-state index is 0.116. The number of ether oxygens (including phenoxy) is 3. The fourth-order valence-electron chi connectivity index (χ4n) is 3.78. The van der Waals surface area contributed by atoms with E-state index in [4.69, 9.17) is 18.7 Å². The summed E-state index contributed by atoms with van der Waals surface area (Å²) in [5.74, 6) is 1.69. The summed E-state index contributed by atoms with van der Waals surface area (Å²) in [7, 11) is 0. The van der Waals surface area contributed by atoms with Gasteiger partial charge in [0.05, 0.1) is 30.2 Å². The van der Waals surface area contributed by atoms with Gasteiger partial charge in [0.1, 0.15) is 12.3 Å². The summed E-state index contributed by atoms with van der Waals surface area (Å²) in [6.45, 7) is 4.69. The molecule has 1 aliphatic rings. The number of hydrogen-bond acceptors (Lipinski definition) is 7. The van der Waals surface area contributed by atoms with E-state index in [1.165, 1.54) is 0 Å². The minimum atomic E-state index is -0.259. The highest BCUT2D eigenvalue weighted by molar-refractivity contribution is 5.92. The summed E-state index contributed by atoms with van der Waals surface area (Å²) >= 11 is 0. The van der Waals surface area contributed by atoms with E-state index >= 15 is 0 Å². The van der Waals surface area contributed by atoms with Crippen molar-refractivity contribution >= 4 is 11.6 Å². The largest absolute Gasteiger partial charge is 0.454 e. The summed E-state index contributed by atoms with van der Waals surface area (Å²) in [6.07, 6.45) is 0. The molecule has 0 saturated heterocycles. The van der Waals surface area contributed by atoms with Crippen LogP contribution in [-0.4, -0.2) is 34.2 Å². The van der Waals surface area contributed by atoms with Crippen LogP contribution in [0.2, 0.25) is 0 Å². The third kappa shape index (κ3) is 4.65. The van der Waals surface area contributed by atoms with Gasteiger partial charge in [-0.25, -0.2) is 0 Å². The Kier molecular flexibility index (Phi) is 6.01. The quantitative estimate of drug-likeness (QED) is 0.423. The predicted octanol–water partition coefficient (Wildman–Crippen LogP) is 4.09. The number of amides is 1. The Bertz CT molecular complexity index is 1310. The van der Waals surface area contributed by atoms with Crippen LogP contribution in [0.3, 0.4) is 0 Å². The van der Waals surface area contributed by atoms with Crippen LogP contribution in [0.25, 0.3) is 11.3 Å². The number of hydrogen-bond donors (Lipinski definition) is 1. The summed E-state index contributed by atoms with van der Waals surface area (Å²) in [5.41, 5.74) is 4.90. The Morgan fingerprint density at radius 2 is 1.91 bits per heavy atom. The first-order valence-electron chi connectivity index (χ1n) is 10.9. The van der Waals surface area contributed by atoms with Crippen molar-refractivity contribution in [2.75, 3.05) is 18.7 Å². The molecule has 1 N–H and O–H groups in total. The van der Waals surface area contributed by atoms with E-state index in [0.29, 0.717) is 35.2 Å². The van der Waals surface area contributed by atoms with Gasteiger partial charge in [-0.3, -0.25) is 9.48 Å². The van der Waals surface area contributed by atoms with E-state index in [1.807, 2.05) is 67.1 Å².